The minimum Gasteiger partial charge on any atom is -0.374 e. The summed E-state index contributed by atoms with van der Waals surface area (Å²) >= 11 is 0. The zero-order chi connectivity index (χ0) is 9.90. The van der Waals surface area contributed by atoms with Crippen LogP contribution in [-0.4, -0.2) is 18.2 Å². The lowest BCUT2D eigenvalue weighted by Gasteiger charge is -2.42. The van der Waals surface area contributed by atoms with Crippen molar-refractivity contribution in [2.75, 3.05) is 6.61 Å². The molecule has 0 aromatic heterocycles. The molecule has 0 aromatic carbocycles. The van der Waals surface area contributed by atoms with Gasteiger partial charge in [0.25, 0.3) is 0 Å². The third-order valence-electron chi connectivity index (χ3n) is 3.54. The summed E-state index contributed by atoms with van der Waals surface area (Å²) in [6.07, 6.45) is 4.95. The van der Waals surface area contributed by atoms with E-state index in [2.05, 4.69) is 13.8 Å². The normalized spacial score (nSPS) is 24.9. The molecule has 0 saturated heterocycles. The van der Waals surface area contributed by atoms with E-state index < -0.39 is 0 Å². The number of rotatable bonds is 5. The second kappa shape index (κ2) is 4.43. The van der Waals surface area contributed by atoms with Crippen molar-refractivity contribution in [3.8, 4) is 0 Å². The van der Waals surface area contributed by atoms with Crippen LogP contribution in [-0.2, 0) is 4.74 Å². The van der Waals surface area contributed by atoms with Crippen molar-refractivity contribution in [3.63, 3.8) is 0 Å². The van der Waals surface area contributed by atoms with Crippen molar-refractivity contribution in [3.05, 3.63) is 0 Å². The highest BCUT2D eigenvalue weighted by atomic mass is 16.5. The molecule has 1 rings (SSSR count). The van der Waals surface area contributed by atoms with Crippen molar-refractivity contribution in [1.29, 1.82) is 0 Å². The molecule has 0 bridgehead atoms. The SMILES string of the molecule is CCOC(C)(CC)C(N)C1CCC1. The Hall–Kier alpha value is -0.0800. The topological polar surface area (TPSA) is 35.2 Å². The molecule has 0 aliphatic heterocycles. The van der Waals surface area contributed by atoms with Gasteiger partial charge in [-0.1, -0.05) is 13.3 Å². The summed E-state index contributed by atoms with van der Waals surface area (Å²) in [4.78, 5) is 0. The lowest BCUT2D eigenvalue weighted by Crippen LogP contribution is -2.53. The highest BCUT2D eigenvalue weighted by Gasteiger charge is 2.38. The largest absolute Gasteiger partial charge is 0.374 e. The molecule has 2 unspecified atom stereocenters. The number of nitrogens with two attached hydrogens (primary N) is 1. The molecule has 2 N–H and O–H groups in total. The average molecular weight is 185 g/mol. The van der Waals surface area contributed by atoms with Gasteiger partial charge in [0, 0.05) is 12.6 Å². The Balaban J connectivity index is 2.51. The third-order valence-corrected chi connectivity index (χ3v) is 3.54. The molecule has 0 radical (unpaired) electrons. The molecule has 0 heterocycles. The fraction of sp³-hybridized carbons (Fsp3) is 1.00. The molecule has 1 aliphatic rings. The van der Waals surface area contributed by atoms with E-state index in [1.165, 1.54) is 19.3 Å². The molecule has 2 nitrogen and oxygen atoms in total. The van der Waals surface area contributed by atoms with Gasteiger partial charge < -0.3 is 10.5 Å². The van der Waals surface area contributed by atoms with Gasteiger partial charge in [-0.2, -0.15) is 0 Å². The molecule has 1 saturated carbocycles. The van der Waals surface area contributed by atoms with Gasteiger partial charge >= 0.3 is 0 Å². The van der Waals surface area contributed by atoms with Crippen molar-refractivity contribution in [2.45, 2.75) is 58.1 Å². The van der Waals surface area contributed by atoms with E-state index in [-0.39, 0.29) is 11.6 Å². The maximum absolute atomic E-state index is 6.23. The van der Waals surface area contributed by atoms with Gasteiger partial charge in [0.05, 0.1) is 5.60 Å². The first-order valence-corrected chi connectivity index (χ1v) is 5.53. The molecule has 1 fully saturated rings. The lowest BCUT2D eigenvalue weighted by molar-refractivity contribution is -0.0675. The van der Waals surface area contributed by atoms with Crippen molar-refractivity contribution < 1.29 is 4.74 Å². The van der Waals surface area contributed by atoms with Crippen LogP contribution in [0, 0.1) is 5.92 Å². The summed E-state index contributed by atoms with van der Waals surface area (Å²) in [5, 5.41) is 0. The Bertz CT molecular complexity index is 156. The van der Waals surface area contributed by atoms with Crippen LogP contribution < -0.4 is 5.73 Å². The molecule has 0 spiro atoms. The number of ether oxygens (including phenoxy) is 1. The van der Waals surface area contributed by atoms with E-state index in [1.807, 2.05) is 6.92 Å². The van der Waals surface area contributed by atoms with Crippen LogP contribution in [0.5, 0.6) is 0 Å². The second-order valence-electron chi connectivity index (χ2n) is 4.32. The third kappa shape index (κ3) is 2.23. The fourth-order valence-electron chi connectivity index (χ4n) is 2.06. The summed E-state index contributed by atoms with van der Waals surface area (Å²) in [5.74, 6) is 0.705. The average Bonchev–Trinajstić information content (AvgIpc) is 2.01. The smallest absolute Gasteiger partial charge is 0.0804 e. The first-order chi connectivity index (χ1) is 6.14. The predicted octanol–water partition coefficient (Wildman–Crippen LogP) is 2.32. The van der Waals surface area contributed by atoms with Gasteiger partial charge in [0.2, 0.25) is 0 Å². The first-order valence-electron chi connectivity index (χ1n) is 5.53. The molecule has 13 heavy (non-hydrogen) atoms. The zero-order valence-electron chi connectivity index (χ0n) is 9.18. The lowest BCUT2D eigenvalue weighted by atomic mass is 9.73. The van der Waals surface area contributed by atoms with Crippen LogP contribution in [0.1, 0.15) is 46.5 Å². The van der Waals surface area contributed by atoms with Gasteiger partial charge in [0.1, 0.15) is 0 Å². The van der Waals surface area contributed by atoms with Crippen LogP contribution >= 0.6 is 0 Å². The quantitative estimate of drug-likeness (QED) is 0.713. The van der Waals surface area contributed by atoms with E-state index in [1.54, 1.807) is 0 Å². The molecule has 78 valence electrons. The van der Waals surface area contributed by atoms with E-state index >= 15 is 0 Å². The second-order valence-corrected chi connectivity index (χ2v) is 4.32. The van der Waals surface area contributed by atoms with Crippen LogP contribution in [0.25, 0.3) is 0 Å². The Morgan fingerprint density at radius 2 is 2.08 bits per heavy atom. The van der Waals surface area contributed by atoms with Crippen LogP contribution in [0.2, 0.25) is 0 Å². The standard InChI is InChI=1S/C11H23NO/c1-4-11(3,13-5-2)10(12)9-7-6-8-9/h9-10H,4-8,12H2,1-3H3. The zero-order valence-corrected chi connectivity index (χ0v) is 9.18. The molecule has 1 aliphatic carbocycles. The van der Waals surface area contributed by atoms with Crippen LogP contribution in [0.15, 0.2) is 0 Å². The Morgan fingerprint density at radius 1 is 1.46 bits per heavy atom. The van der Waals surface area contributed by atoms with Gasteiger partial charge in [-0.05, 0) is 39.0 Å². The Morgan fingerprint density at radius 3 is 2.38 bits per heavy atom. The summed E-state index contributed by atoms with van der Waals surface area (Å²) in [6, 6.07) is 0.228. The van der Waals surface area contributed by atoms with Crippen LogP contribution in [0.4, 0.5) is 0 Å². The Kier molecular flexibility index (Phi) is 3.74. The number of hydrogen-bond donors (Lipinski definition) is 1. The van der Waals surface area contributed by atoms with E-state index in [0.29, 0.717) is 5.92 Å². The Labute approximate surface area is 81.8 Å². The molecular weight excluding hydrogens is 162 g/mol. The molecule has 2 heteroatoms. The van der Waals surface area contributed by atoms with E-state index in [9.17, 15) is 0 Å². The molecule has 2 atom stereocenters. The maximum Gasteiger partial charge on any atom is 0.0804 e. The maximum atomic E-state index is 6.23. The first kappa shape index (κ1) is 11.0. The summed E-state index contributed by atoms with van der Waals surface area (Å²) < 4.78 is 5.77. The van der Waals surface area contributed by atoms with E-state index in [0.717, 1.165) is 13.0 Å². The van der Waals surface area contributed by atoms with Crippen molar-refractivity contribution in [2.24, 2.45) is 11.7 Å². The minimum atomic E-state index is -0.0974. The summed E-state index contributed by atoms with van der Waals surface area (Å²) in [6.45, 7) is 7.12. The highest BCUT2D eigenvalue weighted by Crippen LogP contribution is 2.35. The summed E-state index contributed by atoms with van der Waals surface area (Å²) in [5.41, 5.74) is 6.13. The van der Waals surface area contributed by atoms with Gasteiger partial charge in [-0.15, -0.1) is 0 Å². The van der Waals surface area contributed by atoms with E-state index in [4.69, 9.17) is 10.5 Å². The highest BCUT2D eigenvalue weighted by molar-refractivity contribution is 4.93. The van der Waals surface area contributed by atoms with Crippen molar-refractivity contribution in [1.82, 2.24) is 0 Å². The van der Waals surface area contributed by atoms with Gasteiger partial charge in [-0.25, -0.2) is 0 Å². The van der Waals surface area contributed by atoms with Gasteiger partial charge in [-0.3, -0.25) is 0 Å². The van der Waals surface area contributed by atoms with Gasteiger partial charge in [0.15, 0.2) is 0 Å². The predicted molar refractivity (Wildman–Crippen MR) is 55.6 cm³/mol. The molecule has 0 amide bonds. The molecule has 0 aromatic rings. The van der Waals surface area contributed by atoms with Crippen LogP contribution in [0.3, 0.4) is 0 Å². The fourth-order valence-corrected chi connectivity index (χ4v) is 2.06. The monoisotopic (exact) mass is 185 g/mol. The number of hydrogen-bond acceptors (Lipinski definition) is 2. The summed E-state index contributed by atoms with van der Waals surface area (Å²) in [7, 11) is 0. The van der Waals surface area contributed by atoms with Crippen molar-refractivity contribution >= 4 is 0 Å². The minimum absolute atomic E-state index is 0.0974. The molecular formula is C11H23NO.